The summed E-state index contributed by atoms with van der Waals surface area (Å²) in [6, 6.07) is 6.26. The molecule has 2 atom stereocenters. The minimum atomic E-state index is -0.242. The standard InChI is InChI=1S/C13H16FNO2/c1-2-17-13(16)12-8-7-11(15-12)9-3-5-10(14)6-4-9/h3-6,11-12,15H,2,7-8H2,1H3. The van der Waals surface area contributed by atoms with Crippen molar-refractivity contribution in [3.63, 3.8) is 0 Å². The first-order valence-electron chi connectivity index (χ1n) is 5.89. The first-order chi connectivity index (χ1) is 8.20. The minimum Gasteiger partial charge on any atom is -0.465 e. The van der Waals surface area contributed by atoms with Crippen molar-refractivity contribution < 1.29 is 13.9 Å². The van der Waals surface area contributed by atoms with E-state index in [-0.39, 0.29) is 23.9 Å². The van der Waals surface area contributed by atoms with Crippen molar-refractivity contribution >= 4 is 5.97 Å². The van der Waals surface area contributed by atoms with Gasteiger partial charge in [-0.15, -0.1) is 0 Å². The lowest BCUT2D eigenvalue weighted by Crippen LogP contribution is -2.33. The third-order valence-corrected chi connectivity index (χ3v) is 2.99. The predicted octanol–water partition coefficient (Wildman–Crippen LogP) is 2.18. The zero-order chi connectivity index (χ0) is 12.3. The summed E-state index contributed by atoms with van der Waals surface area (Å²) in [6.45, 7) is 2.20. The molecule has 4 heteroatoms. The molecule has 0 radical (unpaired) electrons. The van der Waals surface area contributed by atoms with Crippen LogP contribution in [0.1, 0.15) is 31.4 Å². The molecule has 0 bridgehead atoms. The number of esters is 1. The lowest BCUT2D eigenvalue weighted by Gasteiger charge is -2.13. The van der Waals surface area contributed by atoms with E-state index in [1.165, 1.54) is 12.1 Å². The molecule has 1 heterocycles. The highest BCUT2D eigenvalue weighted by Gasteiger charge is 2.30. The van der Waals surface area contributed by atoms with Gasteiger partial charge >= 0.3 is 5.97 Å². The van der Waals surface area contributed by atoms with Gasteiger partial charge in [0.1, 0.15) is 11.9 Å². The molecular formula is C13H16FNO2. The van der Waals surface area contributed by atoms with Crippen LogP contribution in [0.3, 0.4) is 0 Å². The van der Waals surface area contributed by atoms with Gasteiger partial charge in [-0.05, 0) is 37.5 Å². The van der Waals surface area contributed by atoms with Crippen LogP contribution in [0.5, 0.6) is 0 Å². The number of benzene rings is 1. The normalized spacial score (nSPS) is 23.6. The monoisotopic (exact) mass is 237 g/mol. The van der Waals surface area contributed by atoms with Gasteiger partial charge < -0.3 is 4.74 Å². The quantitative estimate of drug-likeness (QED) is 0.819. The smallest absolute Gasteiger partial charge is 0.323 e. The Morgan fingerprint density at radius 2 is 2.12 bits per heavy atom. The van der Waals surface area contributed by atoms with Gasteiger partial charge in [0.25, 0.3) is 0 Å². The van der Waals surface area contributed by atoms with Crippen molar-refractivity contribution in [2.24, 2.45) is 0 Å². The van der Waals surface area contributed by atoms with Crippen LogP contribution in [-0.4, -0.2) is 18.6 Å². The molecule has 0 spiro atoms. The molecule has 2 unspecified atom stereocenters. The molecule has 1 N–H and O–H groups in total. The lowest BCUT2D eigenvalue weighted by atomic mass is 10.1. The highest BCUT2D eigenvalue weighted by molar-refractivity contribution is 5.76. The van der Waals surface area contributed by atoms with Gasteiger partial charge in [-0.1, -0.05) is 12.1 Å². The van der Waals surface area contributed by atoms with Crippen LogP contribution < -0.4 is 5.32 Å². The summed E-state index contributed by atoms with van der Waals surface area (Å²) in [5.41, 5.74) is 1.01. The van der Waals surface area contributed by atoms with Crippen LogP contribution in [0.15, 0.2) is 24.3 Å². The highest BCUT2D eigenvalue weighted by Crippen LogP contribution is 2.27. The number of nitrogens with one attached hydrogen (secondary N) is 1. The summed E-state index contributed by atoms with van der Waals surface area (Å²) in [5.74, 6) is -0.439. The van der Waals surface area contributed by atoms with Crippen molar-refractivity contribution in [1.82, 2.24) is 5.32 Å². The molecule has 17 heavy (non-hydrogen) atoms. The fourth-order valence-electron chi connectivity index (χ4n) is 2.13. The number of carbonyl (C=O) groups is 1. The number of rotatable bonds is 3. The first kappa shape index (κ1) is 12.0. The second-order valence-corrected chi connectivity index (χ2v) is 4.15. The van der Waals surface area contributed by atoms with Crippen LogP contribution in [0.25, 0.3) is 0 Å². The summed E-state index contributed by atoms with van der Waals surface area (Å²) in [6.07, 6.45) is 1.63. The Morgan fingerprint density at radius 1 is 1.41 bits per heavy atom. The van der Waals surface area contributed by atoms with Crippen LogP contribution >= 0.6 is 0 Å². The number of ether oxygens (including phenoxy) is 1. The molecule has 1 aliphatic rings. The van der Waals surface area contributed by atoms with Gasteiger partial charge in [-0.25, -0.2) is 4.39 Å². The lowest BCUT2D eigenvalue weighted by molar-refractivity contribution is -0.145. The maximum Gasteiger partial charge on any atom is 0.323 e. The van der Waals surface area contributed by atoms with E-state index in [2.05, 4.69) is 5.32 Å². The Labute approximate surface area is 100.0 Å². The second-order valence-electron chi connectivity index (χ2n) is 4.15. The van der Waals surface area contributed by atoms with E-state index in [1.54, 1.807) is 19.1 Å². The van der Waals surface area contributed by atoms with E-state index >= 15 is 0 Å². The molecule has 0 amide bonds. The fraction of sp³-hybridized carbons (Fsp3) is 0.462. The third kappa shape index (κ3) is 2.82. The number of hydrogen-bond donors (Lipinski definition) is 1. The Kier molecular flexibility index (Phi) is 3.74. The second kappa shape index (κ2) is 5.27. The summed E-state index contributed by atoms with van der Waals surface area (Å²) in [5, 5.41) is 3.21. The molecule has 1 fully saturated rings. The molecule has 1 aliphatic heterocycles. The average Bonchev–Trinajstić information content (AvgIpc) is 2.80. The molecule has 2 rings (SSSR count). The Bertz CT molecular complexity index is 391. The van der Waals surface area contributed by atoms with Gasteiger partial charge in [-0.3, -0.25) is 10.1 Å². The number of halogens is 1. The van der Waals surface area contributed by atoms with E-state index in [0.29, 0.717) is 6.61 Å². The molecule has 1 saturated heterocycles. The number of hydrogen-bond acceptors (Lipinski definition) is 3. The molecule has 0 aromatic heterocycles. The van der Waals surface area contributed by atoms with Gasteiger partial charge in [0.15, 0.2) is 0 Å². The summed E-state index contributed by atoms with van der Waals surface area (Å²) >= 11 is 0. The Balaban J connectivity index is 1.98. The zero-order valence-corrected chi connectivity index (χ0v) is 9.78. The predicted molar refractivity (Wildman–Crippen MR) is 61.9 cm³/mol. The van der Waals surface area contributed by atoms with Gasteiger partial charge in [0.05, 0.1) is 6.61 Å². The van der Waals surface area contributed by atoms with Crippen molar-refractivity contribution in [2.75, 3.05) is 6.61 Å². The van der Waals surface area contributed by atoms with Gasteiger partial charge in [0.2, 0.25) is 0 Å². The van der Waals surface area contributed by atoms with E-state index in [4.69, 9.17) is 4.74 Å². The van der Waals surface area contributed by atoms with Crippen molar-refractivity contribution in [2.45, 2.75) is 31.8 Å². The summed E-state index contributed by atoms with van der Waals surface area (Å²) in [7, 11) is 0. The maximum absolute atomic E-state index is 12.8. The molecule has 0 saturated carbocycles. The van der Waals surface area contributed by atoms with Crippen LogP contribution in [-0.2, 0) is 9.53 Å². The van der Waals surface area contributed by atoms with Crippen molar-refractivity contribution in [3.8, 4) is 0 Å². The van der Waals surface area contributed by atoms with E-state index in [9.17, 15) is 9.18 Å². The molecule has 92 valence electrons. The SMILES string of the molecule is CCOC(=O)C1CCC(c2ccc(F)cc2)N1. The van der Waals surface area contributed by atoms with Crippen LogP contribution in [0, 0.1) is 5.82 Å². The third-order valence-electron chi connectivity index (χ3n) is 2.99. The summed E-state index contributed by atoms with van der Waals surface area (Å²) in [4.78, 5) is 11.5. The largest absolute Gasteiger partial charge is 0.465 e. The molecular weight excluding hydrogens is 221 g/mol. The topological polar surface area (TPSA) is 38.3 Å². The molecule has 3 nitrogen and oxygen atoms in total. The van der Waals surface area contributed by atoms with E-state index in [0.717, 1.165) is 18.4 Å². The Morgan fingerprint density at radius 3 is 2.76 bits per heavy atom. The molecule has 1 aromatic rings. The van der Waals surface area contributed by atoms with Crippen molar-refractivity contribution in [3.05, 3.63) is 35.6 Å². The van der Waals surface area contributed by atoms with Gasteiger partial charge in [0, 0.05) is 6.04 Å². The van der Waals surface area contributed by atoms with Crippen molar-refractivity contribution in [1.29, 1.82) is 0 Å². The average molecular weight is 237 g/mol. The van der Waals surface area contributed by atoms with E-state index in [1.807, 2.05) is 0 Å². The Hall–Kier alpha value is -1.42. The summed E-state index contributed by atoms with van der Waals surface area (Å²) < 4.78 is 17.8. The molecule has 0 aliphatic carbocycles. The maximum atomic E-state index is 12.8. The minimum absolute atomic E-state index is 0.116. The van der Waals surface area contributed by atoms with Gasteiger partial charge in [-0.2, -0.15) is 0 Å². The fourth-order valence-corrected chi connectivity index (χ4v) is 2.13. The molecule has 1 aromatic carbocycles. The highest BCUT2D eigenvalue weighted by atomic mass is 19.1. The van der Waals surface area contributed by atoms with Crippen LogP contribution in [0.2, 0.25) is 0 Å². The zero-order valence-electron chi connectivity index (χ0n) is 9.78. The van der Waals surface area contributed by atoms with Crippen LogP contribution in [0.4, 0.5) is 4.39 Å². The number of carbonyl (C=O) groups excluding carboxylic acids is 1. The first-order valence-corrected chi connectivity index (χ1v) is 5.89. The van der Waals surface area contributed by atoms with E-state index < -0.39 is 0 Å².